The zero-order valence-electron chi connectivity index (χ0n) is 16.6. The number of benzene rings is 1. The summed E-state index contributed by atoms with van der Waals surface area (Å²) in [6, 6.07) is 7.89. The first-order valence-corrected chi connectivity index (χ1v) is 10.3. The van der Waals surface area contributed by atoms with Gasteiger partial charge in [0.2, 0.25) is 5.91 Å². The summed E-state index contributed by atoms with van der Waals surface area (Å²) < 4.78 is 2.04. The van der Waals surface area contributed by atoms with Crippen molar-refractivity contribution >= 4 is 17.4 Å². The minimum Gasteiger partial charge on any atom is -0.326 e. The zero-order valence-corrected chi connectivity index (χ0v) is 16.6. The van der Waals surface area contributed by atoms with E-state index >= 15 is 0 Å². The summed E-state index contributed by atoms with van der Waals surface area (Å²) in [7, 11) is 0. The maximum atomic E-state index is 12.4. The molecule has 2 aromatic heterocycles. The van der Waals surface area contributed by atoms with Crippen LogP contribution >= 0.6 is 0 Å². The summed E-state index contributed by atoms with van der Waals surface area (Å²) in [5, 5.41) is 11.6. The number of aryl methyl sites for hydroxylation is 2. The predicted molar refractivity (Wildman–Crippen MR) is 110 cm³/mol. The first-order valence-electron chi connectivity index (χ1n) is 10.3. The zero-order chi connectivity index (χ0) is 19.5. The van der Waals surface area contributed by atoms with Gasteiger partial charge in [-0.1, -0.05) is 45.2 Å². The monoisotopic (exact) mass is 377 g/mol. The lowest BCUT2D eigenvalue weighted by Gasteiger charge is -2.20. The number of nitrogens with one attached hydrogen (secondary N) is 1. The smallest absolute Gasteiger partial charge is 0.254 e. The fourth-order valence-electron chi connectivity index (χ4n) is 4.06. The number of hydrogen-bond donors (Lipinski definition) is 1. The maximum absolute atomic E-state index is 12.4. The quantitative estimate of drug-likeness (QED) is 0.714. The first-order chi connectivity index (χ1) is 13.7. The average molecular weight is 377 g/mol. The van der Waals surface area contributed by atoms with E-state index in [1.54, 1.807) is 0 Å². The Labute approximate surface area is 165 Å². The van der Waals surface area contributed by atoms with Crippen LogP contribution in [0.5, 0.6) is 0 Å². The summed E-state index contributed by atoms with van der Waals surface area (Å²) in [5.41, 5.74) is 4.87. The van der Waals surface area contributed by atoms with Crippen LogP contribution in [0.3, 0.4) is 0 Å². The summed E-state index contributed by atoms with van der Waals surface area (Å²) in [6.07, 6.45) is 9.35. The van der Waals surface area contributed by atoms with Crippen LogP contribution in [-0.4, -0.2) is 25.5 Å². The SMILES string of the molecule is CCc1nnc2nc(-c3ccc(NC(=O)C4CCCCC4)cc3)cn2c1CC. The average Bonchev–Trinajstić information content (AvgIpc) is 3.18. The molecule has 3 aromatic rings. The van der Waals surface area contributed by atoms with E-state index in [1.807, 2.05) is 34.9 Å². The highest BCUT2D eigenvalue weighted by Crippen LogP contribution is 2.26. The fourth-order valence-corrected chi connectivity index (χ4v) is 4.06. The molecule has 6 nitrogen and oxygen atoms in total. The molecule has 0 spiro atoms. The Kier molecular flexibility index (Phi) is 5.37. The van der Waals surface area contributed by atoms with Crippen molar-refractivity contribution in [1.29, 1.82) is 0 Å². The van der Waals surface area contributed by atoms with E-state index in [1.165, 1.54) is 6.42 Å². The van der Waals surface area contributed by atoms with Crippen molar-refractivity contribution in [2.45, 2.75) is 58.8 Å². The number of imidazole rings is 1. The van der Waals surface area contributed by atoms with E-state index < -0.39 is 0 Å². The lowest BCUT2D eigenvalue weighted by molar-refractivity contribution is -0.120. The van der Waals surface area contributed by atoms with Gasteiger partial charge in [0.15, 0.2) is 0 Å². The van der Waals surface area contributed by atoms with Gasteiger partial charge in [-0.3, -0.25) is 9.20 Å². The summed E-state index contributed by atoms with van der Waals surface area (Å²) in [4.78, 5) is 17.1. The molecule has 0 saturated heterocycles. The van der Waals surface area contributed by atoms with Crippen LogP contribution in [0.2, 0.25) is 0 Å². The third-order valence-electron chi connectivity index (χ3n) is 5.67. The van der Waals surface area contributed by atoms with Gasteiger partial charge in [0, 0.05) is 29.1 Å². The number of nitrogens with zero attached hydrogens (tertiary/aromatic N) is 4. The second kappa shape index (κ2) is 8.09. The van der Waals surface area contributed by atoms with Gasteiger partial charge in [0.05, 0.1) is 11.4 Å². The van der Waals surface area contributed by atoms with Crippen LogP contribution in [0.25, 0.3) is 17.0 Å². The largest absolute Gasteiger partial charge is 0.326 e. The Bertz CT molecular complexity index is 971. The molecule has 0 unspecified atom stereocenters. The summed E-state index contributed by atoms with van der Waals surface area (Å²) in [5.74, 6) is 0.930. The summed E-state index contributed by atoms with van der Waals surface area (Å²) >= 11 is 0. The number of aromatic nitrogens is 4. The standard InChI is InChI=1S/C22H27N5O/c1-3-18-20(4-2)27-14-19(24-22(27)26-25-18)15-10-12-17(13-11-15)23-21(28)16-8-6-5-7-9-16/h10-14,16H,3-9H2,1-2H3,(H,23,28). The molecule has 1 aliphatic carbocycles. The summed E-state index contributed by atoms with van der Waals surface area (Å²) in [6.45, 7) is 4.21. The van der Waals surface area contributed by atoms with Crippen molar-refractivity contribution < 1.29 is 4.79 Å². The lowest BCUT2D eigenvalue weighted by Crippen LogP contribution is -2.24. The van der Waals surface area contributed by atoms with Gasteiger partial charge < -0.3 is 5.32 Å². The van der Waals surface area contributed by atoms with Gasteiger partial charge in [-0.25, -0.2) is 4.98 Å². The lowest BCUT2D eigenvalue weighted by atomic mass is 9.88. The highest BCUT2D eigenvalue weighted by Gasteiger charge is 2.21. The van der Waals surface area contributed by atoms with E-state index in [4.69, 9.17) is 0 Å². The van der Waals surface area contributed by atoms with Crippen LogP contribution in [-0.2, 0) is 17.6 Å². The maximum Gasteiger partial charge on any atom is 0.254 e. The Morgan fingerprint density at radius 3 is 2.50 bits per heavy atom. The Morgan fingerprint density at radius 1 is 1.07 bits per heavy atom. The highest BCUT2D eigenvalue weighted by molar-refractivity contribution is 5.92. The van der Waals surface area contributed by atoms with E-state index in [0.29, 0.717) is 5.78 Å². The molecule has 1 saturated carbocycles. The molecular weight excluding hydrogens is 350 g/mol. The van der Waals surface area contributed by atoms with Crippen molar-refractivity contribution in [3.8, 4) is 11.3 Å². The molecule has 0 aliphatic heterocycles. The molecule has 146 valence electrons. The fraction of sp³-hybridized carbons (Fsp3) is 0.455. The van der Waals surface area contributed by atoms with Gasteiger partial charge in [0.25, 0.3) is 5.78 Å². The second-order valence-electron chi connectivity index (χ2n) is 7.50. The highest BCUT2D eigenvalue weighted by atomic mass is 16.1. The topological polar surface area (TPSA) is 72.2 Å². The van der Waals surface area contributed by atoms with Gasteiger partial charge in [-0.05, 0) is 37.8 Å². The molecule has 0 bridgehead atoms. The van der Waals surface area contributed by atoms with E-state index in [9.17, 15) is 4.79 Å². The number of hydrogen-bond acceptors (Lipinski definition) is 4. The molecule has 28 heavy (non-hydrogen) atoms. The number of carbonyl (C=O) groups is 1. The third-order valence-corrected chi connectivity index (χ3v) is 5.67. The van der Waals surface area contributed by atoms with Crippen LogP contribution < -0.4 is 5.32 Å². The Balaban J connectivity index is 1.54. The van der Waals surface area contributed by atoms with Gasteiger partial charge >= 0.3 is 0 Å². The van der Waals surface area contributed by atoms with Crippen molar-refractivity contribution in [3.05, 3.63) is 41.9 Å². The minimum atomic E-state index is 0.148. The third kappa shape index (κ3) is 3.63. The first kappa shape index (κ1) is 18.6. The molecule has 1 amide bonds. The van der Waals surface area contributed by atoms with Gasteiger partial charge in [-0.15, -0.1) is 5.10 Å². The number of amides is 1. The minimum absolute atomic E-state index is 0.148. The molecule has 1 aromatic carbocycles. The van der Waals surface area contributed by atoms with Crippen molar-refractivity contribution in [2.24, 2.45) is 5.92 Å². The van der Waals surface area contributed by atoms with Gasteiger partial charge in [0.1, 0.15) is 0 Å². The normalized spacial score (nSPS) is 15.1. The number of anilines is 1. The van der Waals surface area contributed by atoms with Crippen LogP contribution in [0.15, 0.2) is 30.5 Å². The molecule has 0 atom stereocenters. The number of rotatable bonds is 5. The van der Waals surface area contributed by atoms with E-state index in [-0.39, 0.29) is 11.8 Å². The molecule has 6 heteroatoms. The Morgan fingerprint density at radius 2 is 1.82 bits per heavy atom. The second-order valence-corrected chi connectivity index (χ2v) is 7.50. The van der Waals surface area contributed by atoms with E-state index in [2.05, 4.69) is 34.3 Å². The molecule has 1 aliphatic rings. The van der Waals surface area contributed by atoms with Crippen LogP contribution in [0, 0.1) is 5.92 Å². The predicted octanol–water partition coefficient (Wildman–Crippen LogP) is 4.43. The van der Waals surface area contributed by atoms with Crippen molar-refractivity contribution in [3.63, 3.8) is 0 Å². The van der Waals surface area contributed by atoms with Gasteiger partial charge in [-0.2, -0.15) is 5.10 Å². The molecule has 2 heterocycles. The molecule has 1 fully saturated rings. The Hall–Kier alpha value is -2.76. The van der Waals surface area contributed by atoms with E-state index in [0.717, 1.165) is 66.9 Å². The van der Waals surface area contributed by atoms with Crippen molar-refractivity contribution in [2.75, 3.05) is 5.32 Å². The number of carbonyl (C=O) groups excluding carboxylic acids is 1. The number of fused-ring (bicyclic) bond motifs is 1. The van der Waals surface area contributed by atoms with Crippen LogP contribution in [0.1, 0.15) is 57.3 Å². The molecular formula is C22H27N5O. The molecule has 4 rings (SSSR count). The molecule has 0 radical (unpaired) electrons. The molecule has 1 N–H and O–H groups in total. The van der Waals surface area contributed by atoms with Crippen LogP contribution in [0.4, 0.5) is 5.69 Å². The van der Waals surface area contributed by atoms with Crippen molar-refractivity contribution in [1.82, 2.24) is 19.6 Å².